The molecule has 0 fully saturated rings. The quantitative estimate of drug-likeness (QED) is 0.858. The van der Waals surface area contributed by atoms with Gasteiger partial charge in [-0.2, -0.15) is 0 Å². The number of nitrogens with zero attached hydrogens (tertiary/aromatic N) is 1. The Morgan fingerprint density at radius 3 is 2.39 bits per heavy atom. The Kier molecular flexibility index (Phi) is 7.07. The van der Waals surface area contributed by atoms with Crippen molar-refractivity contribution < 1.29 is 9.59 Å². The highest BCUT2D eigenvalue weighted by Gasteiger charge is 2.28. The third kappa shape index (κ3) is 6.22. The van der Waals surface area contributed by atoms with Gasteiger partial charge in [0.2, 0.25) is 11.8 Å². The molecule has 0 aliphatic heterocycles. The Labute approximate surface area is 144 Å². The van der Waals surface area contributed by atoms with Crippen LogP contribution in [0.15, 0.2) is 24.3 Å². The molecule has 1 unspecified atom stereocenters. The fourth-order valence-corrected chi connectivity index (χ4v) is 2.42. The summed E-state index contributed by atoms with van der Waals surface area (Å²) in [5.41, 5.74) is 0.504. The van der Waals surface area contributed by atoms with Crippen molar-refractivity contribution in [3.63, 3.8) is 0 Å². The van der Waals surface area contributed by atoms with Crippen molar-refractivity contribution >= 4 is 23.4 Å². The molecule has 5 heteroatoms. The van der Waals surface area contributed by atoms with Crippen molar-refractivity contribution in [2.45, 2.75) is 65.6 Å². The molecular formula is C18H27ClN2O2. The average molecular weight is 339 g/mol. The molecule has 1 aromatic carbocycles. The summed E-state index contributed by atoms with van der Waals surface area (Å²) in [5, 5.41) is 3.53. The third-order valence-electron chi connectivity index (χ3n) is 3.43. The molecule has 128 valence electrons. The molecule has 1 N–H and O–H groups in total. The van der Waals surface area contributed by atoms with E-state index in [1.165, 1.54) is 0 Å². The van der Waals surface area contributed by atoms with Crippen LogP contribution in [-0.2, 0) is 16.1 Å². The van der Waals surface area contributed by atoms with Crippen LogP contribution in [0.1, 0.15) is 53.0 Å². The van der Waals surface area contributed by atoms with Crippen molar-refractivity contribution in [3.8, 4) is 0 Å². The van der Waals surface area contributed by atoms with Gasteiger partial charge in [0.25, 0.3) is 0 Å². The number of hydrogen-bond donors (Lipinski definition) is 1. The lowest BCUT2D eigenvalue weighted by atomic mass is 10.1. The summed E-state index contributed by atoms with van der Waals surface area (Å²) in [6.45, 7) is 9.80. The lowest BCUT2D eigenvalue weighted by Gasteiger charge is -2.31. The van der Waals surface area contributed by atoms with Crippen molar-refractivity contribution in [2.24, 2.45) is 0 Å². The Balaban J connectivity index is 2.98. The second kappa shape index (κ2) is 8.34. The topological polar surface area (TPSA) is 49.4 Å². The Hall–Kier alpha value is -1.55. The van der Waals surface area contributed by atoms with Gasteiger partial charge in [-0.15, -0.1) is 0 Å². The van der Waals surface area contributed by atoms with E-state index >= 15 is 0 Å². The van der Waals surface area contributed by atoms with Crippen LogP contribution in [0.5, 0.6) is 0 Å². The highest BCUT2D eigenvalue weighted by molar-refractivity contribution is 6.31. The van der Waals surface area contributed by atoms with Gasteiger partial charge in [0.15, 0.2) is 0 Å². The van der Waals surface area contributed by atoms with Gasteiger partial charge in [0.05, 0.1) is 0 Å². The van der Waals surface area contributed by atoms with Crippen molar-refractivity contribution in [2.75, 3.05) is 0 Å². The van der Waals surface area contributed by atoms with E-state index in [1.807, 2.05) is 45.9 Å². The maximum atomic E-state index is 12.5. The molecule has 0 heterocycles. The molecule has 0 saturated heterocycles. The molecule has 1 rings (SSSR count). The number of carbonyl (C=O) groups is 2. The zero-order chi connectivity index (χ0) is 17.6. The minimum absolute atomic E-state index is 0.0380. The van der Waals surface area contributed by atoms with Crippen LogP contribution in [0.4, 0.5) is 0 Å². The standard InChI is InChI=1S/C18H27ClN2O2/c1-6-9-16(22)21(12-14-10-7-8-11-15(14)19)13(2)17(23)20-18(3,4)5/h7-8,10-11,13H,6,9,12H2,1-5H3,(H,20,23). The Morgan fingerprint density at radius 1 is 1.26 bits per heavy atom. The maximum Gasteiger partial charge on any atom is 0.242 e. The normalized spacial score (nSPS) is 12.6. The molecule has 23 heavy (non-hydrogen) atoms. The summed E-state index contributed by atoms with van der Waals surface area (Å²) in [6, 6.07) is 6.84. The second-order valence-corrected chi connectivity index (χ2v) is 7.19. The summed E-state index contributed by atoms with van der Waals surface area (Å²) in [6.07, 6.45) is 1.16. The molecule has 2 amide bonds. The van der Waals surface area contributed by atoms with Gasteiger partial charge in [-0.25, -0.2) is 0 Å². The number of benzene rings is 1. The summed E-state index contributed by atoms with van der Waals surface area (Å²) >= 11 is 6.20. The lowest BCUT2D eigenvalue weighted by molar-refractivity contribution is -0.141. The van der Waals surface area contributed by atoms with Crippen LogP contribution in [0.2, 0.25) is 5.02 Å². The zero-order valence-electron chi connectivity index (χ0n) is 14.6. The molecule has 0 aliphatic rings. The van der Waals surface area contributed by atoms with Gasteiger partial charge >= 0.3 is 0 Å². The molecular weight excluding hydrogens is 312 g/mol. The number of rotatable bonds is 6. The van der Waals surface area contributed by atoms with Crippen molar-refractivity contribution in [3.05, 3.63) is 34.9 Å². The molecule has 0 radical (unpaired) electrons. The molecule has 0 saturated carbocycles. The molecule has 1 aromatic rings. The fourth-order valence-electron chi connectivity index (χ4n) is 2.22. The van der Waals surface area contributed by atoms with E-state index in [0.717, 1.165) is 12.0 Å². The van der Waals surface area contributed by atoms with Gasteiger partial charge in [-0.3, -0.25) is 9.59 Å². The number of nitrogens with one attached hydrogen (secondary N) is 1. The molecule has 0 aromatic heterocycles. The number of halogens is 1. The van der Waals surface area contributed by atoms with Gasteiger partial charge in [-0.1, -0.05) is 36.7 Å². The van der Waals surface area contributed by atoms with Crippen molar-refractivity contribution in [1.82, 2.24) is 10.2 Å². The fraction of sp³-hybridized carbons (Fsp3) is 0.556. The molecule has 0 aliphatic carbocycles. The first-order valence-electron chi connectivity index (χ1n) is 8.00. The Morgan fingerprint density at radius 2 is 1.87 bits per heavy atom. The summed E-state index contributed by atoms with van der Waals surface area (Å²) < 4.78 is 0. The van der Waals surface area contributed by atoms with E-state index in [4.69, 9.17) is 11.6 Å². The first kappa shape index (κ1) is 19.5. The number of amides is 2. The third-order valence-corrected chi connectivity index (χ3v) is 3.80. The van der Waals surface area contributed by atoms with E-state index in [9.17, 15) is 9.59 Å². The van der Waals surface area contributed by atoms with Gasteiger partial charge in [-0.05, 0) is 45.7 Å². The highest BCUT2D eigenvalue weighted by atomic mass is 35.5. The smallest absolute Gasteiger partial charge is 0.242 e. The summed E-state index contributed by atoms with van der Waals surface area (Å²) in [5.74, 6) is -0.196. The van der Waals surface area contributed by atoms with E-state index < -0.39 is 6.04 Å². The summed E-state index contributed by atoms with van der Waals surface area (Å²) in [4.78, 5) is 26.5. The van der Waals surface area contributed by atoms with Crippen LogP contribution in [-0.4, -0.2) is 28.3 Å². The van der Waals surface area contributed by atoms with Gasteiger partial charge in [0, 0.05) is 23.5 Å². The van der Waals surface area contributed by atoms with E-state index in [-0.39, 0.29) is 17.4 Å². The summed E-state index contributed by atoms with van der Waals surface area (Å²) in [7, 11) is 0. The SMILES string of the molecule is CCCC(=O)N(Cc1ccccc1Cl)C(C)C(=O)NC(C)(C)C. The minimum atomic E-state index is -0.551. The second-order valence-electron chi connectivity index (χ2n) is 6.78. The first-order chi connectivity index (χ1) is 10.7. The maximum absolute atomic E-state index is 12.5. The predicted octanol–water partition coefficient (Wildman–Crippen LogP) is 3.77. The van der Waals surface area contributed by atoms with Gasteiger partial charge in [0.1, 0.15) is 6.04 Å². The lowest BCUT2D eigenvalue weighted by Crippen LogP contribution is -2.52. The van der Waals surface area contributed by atoms with Crippen LogP contribution in [0.25, 0.3) is 0 Å². The van der Waals surface area contributed by atoms with E-state index in [0.29, 0.717) is 18.0 Å². The van der Waals surface area contributed by atoms with Crippen molar-refractivity contribution in [1.29, 1.82) is 0 Å². The average Bonchev–Trinajstić information content (AvgIpc) is 2.44. The van der Waals surface area contributed by atoms with Crippen LogP contribution in [0, 0.1) is 0 Å². The Bertz CT molecular complexity index is 552. The van der Waals surface area contributed by atoms with Crippen LogP contribution < -0.4 is 5.32 Å². The number of carbonyl (C=O) groups excluding carboxylic acids is 2. The van der Waals surface area contributed by atoms with E-state index in [2.05, 4.69) is 5.32 Å². The van der Waals surface area contributed by atoms with Gasteiger partial charge < -0.3 is 10.2 Å². The largest absolute Gasteiger partial charge is 0.350 e. The number of hydrogen-bond acceptors (Lipinski definition) is 2. The van der Waals surface area contributed by atoms with Crippen LogP contribution >= 0.6 is 11.6 Å². The predicted molar refractivity (Wildman–Crippen MR) is 94.3 cm³/mol. The first-order valence-corrected chi connectivity index (χ1v) is 8.38. The van der Waals surface area contributed by atoms with Crippen LogP contribution in [0.3, 0.4) is 0 Å². The van der Waals surface area contributed by atoms with E-state index in [1.54, 1.807) is 17.9 Å². The molecule has 4 nitrogen and oxygen atoms in total. The zero-order valence-corrected chi connectivity index (χ0v) is 15.4. The molecule has 0 bridgehead atoms. The molecule has 1 atom stereocenters. The highest BCUT2D eigenvalue weighted by Crippen LogP contribution is 2.19. The minimum Gasteiger partial charge on any atom is -0.350 e. The molecule has 0 spiro atoms. The monoisotopic (exact) mass is 338 g/mol.